The van der Waals surface area contributed by atoms with E-state index in [1.54, 1.807) is 19.9 Å². The van der Waals surface area contributed by atoms with Crippen molar-refractivity contribution in [3.63, 3.8) is 0 Å². The highest BCUT2D eigenvalue weighted by Gasteiger charge is 2.29. The summed E-state index contributed by atoms with van der Waals surface area (Å²) in [5.74, 6) is -0.601. The molecule has 0 aliphatic heterocycles. The molecule has 112 valence electrons. The van der Waals surface area contributed by atoms with E-state index in [4.69, 9.17) is 5.73 Å². The van der Waals surface area contributed by atoms with Crippen molar-refractivity contribution in [2.24, 2.45) is 11.7 Å². The number of rotatable bonds is 5. The molecule has 0 bridgehead atoms. The number of halogens is 3. The molecule has 0 aliphatic rings. The van der Waals surface area contributed by atoms with E-state index in [9.17, 15) is 18.0 Å². The quantitative estimate of drug-likeness (QED) is 0.876. The number of ether oxygens (including phenoxy) is 1. The monoisotopic (exact) mass is 290 g/mol. The molecule has 1 amide bonds. The number of anilines is 1. The van der Waals surface area contributed by atoms with Gasteiger partial charge in [0.1, 0.15) is 5.75 Å². The van der Waals surface area contributed by atoms with E-state index in [1.165, 1.54) is 18.2 Å². The lowest BCUT2D eigenvalue weighted by Gasteiger charge is -2.17. The van der Waals surface area contributed by atoms with E-state index in [0.29, 0.717) is 0 Å². The van der Waals surface area contributed by atoms with Crippen molar-refractivity contribution in [3.05, 3.63) is 24.3 Å². The molecule has 0 saturated carbocycles. The Hall–Kier alpha value is -1.76. The average Bonchev–Trinajstić information content (AvgIpc) is 2.35. The third-order valence-corrected chi connectivity index (χ3v) is 2.56. The minimum absolute atomic E-state index is 0.0471. The van der Waals surface area contributed by atoms with Gasteiger partial charge in [0.05, 0.1) is 11.7 Å². The largest absolute Gasteiger partial charge is 0.482 e. The van der Waals surface area contributed by atoms with Gasteiger partial charge in [0, 0.05) is 0 Å². The van der Waals surface area contributed by atoms with Crippen molar-refractivity contribution in [2.45, 2.75) is 26.1 Å². The molecule has 4 nitrogen and oxygen atoms in total. The maximum Gasteiger partial charge on any atom is 0.422 e. The smallest absolute Gasteiger partial charge is 0.422 e. The van der Waals surface area contributed by atoms with Crippen LogP contribution < -0.4 is 15.8 Å². The van der Waals surface area contributed by atoms with Gasteiger partial charge in [0.15, 0.2) is 6.61 Å². The van der Waals surface area contributed by atoms with Gasteiger partial charge in [-0.15, -0.1) is 0 Å². The van der Waals surface area contributed by atoms with Gasteiger partial charge < -0.3 is 15.8 Å². The number of carbonyl (C=O) groups is 1. The van der Waals surface area contributed by atoms with E-state index in [1.807, 2.05) is 0 Å². The number of hydrogen-bond acceptors (Lipinski definition) is 3. The summed E-state index contributed by atoms with van der Waals surface area (Å²) in [4.78, 5) is 11.8. The lowest BCUT2D eigenvalue weighted by molar-refractivity contribution is -0.153. The number of amides is 1. The van der Waals surface area contributed by atoms with Crippen LogP contribution in [0.4, 0.5) is 18.9 Å². The van der Waals surface area contributed by atoms with Crippen molar-refractivity contribution in [1.29, 1.82) is 0 Å². The van der Waals surface area contributed by atoms with Crippen LogP contribution in [-0.4, -0.2) is 24.7 Å². The number of hydrogen-bond donors (Lipinski definition) is 2. The second kappa shape index (κ2) is 6.60. The number of para-hydroxylation sites is 2. The van der Waals surface area contributed by atoms with E-state index in [-0.39, 0.29) is 17.4 Å². The Morgan fingerprint density at radius 1 is 1.35 bits per heavy atom. The van der Waals surface area contributed by atoms with Crippen LogP contribution in [0.2, 0.25) is 0 Å². The molecular weight excluding hydrogens is 273 g/mol. The van der Waals surface area contributed by atoms with Crippen molar-refractivity contribution >= 4 is 11.6 Å². The van der Waals surface area contributed by atoms with Crippen molar-refractivity contribution in [3.8, 4) is 5.75 Å². The summed E-state index contributed by atoms with van der Waals surface area (Å²) in [6.07, 6.45) is -4.44. The Morgan fingerprint density at radius 3 is 2.50 bits per heavy atom. The van der Waals surface area contributed by atoms with Crippen LogP contribution in [0, 0.1) is 5.92 Å². The molecule has 1 aromatic carbocycles. The first-order valence-corrected chi connectivity index (χ1v) is 6.05. The van der Waals surface area contributed by atoms with Gasteiger partial charge in [-0.1, -0.05) is 26.0 Å². The summed E-state index contributed by atoms with van der Waals surface area (Å²) in [7, 11) is 0. The lowest BCUT2D eigenvalue weighted by Crippen LogP contribution is -2.39. The van der Waals surface area contributed by atoms with Gasteiger partial charge >= 0.3 is 6.18 Å². The SMILES string of the molecule is CC(C)[C@H](N)C(=O)Nc1ccccc1OCC(F)(F)F. The van der Waals surface area contributed by atoms with E-state index < -0.39 is 24.7 Å². The Balaban J connectivity index is 2.78. The van der Waals surface area contributed by atoms with Crippen molar-refractivity contribution in [2.75, 3.05) is 11.9 Å². The molecule has 1 rings (SSSR count). The Kier molecular flexibility index (Phi) is 5.38. The van der Waals surface area contributed by atoms with E-state index in [2.05, 4.69) is 10.1 Å². The topological polar surface area (TPSA) is 64.4 Å². The molecule has 0 fully saturated rings. The fraction of sp³-hybridized carbons (Fsp3) is 0.462. The minimum Gasteiger partial charge on any atom is -0.482 e. The normalized spacial score (nSPS) is 13.2. The molecule has 0 saturated heterocycles. The fourth-order valence-corrected chi connectivity index (χ4v) is 1.37. The van der Waals surface area contributed by atoms with Crippen LogP contribution in [-0.2, 0) is 4.79 Å². The summed E-state index contributed by atoms with van der Waals surface area (Å²) in [6.45, 7) is 2.13. The zero-order chi connectivity index (χ0) is 15.3. The van der Waals surface area contributed by atoms with Gasteiger partial charge in [-0.3, -0.25) is 4.79 Å². The third-order valence-electron chi connectivity index (χ3n) is 2.56. The standard InChI is InChI=1S/C13H17F3N2O2/c1-8(2)11(17)12(19)18-9-5-3-4-6-10(9)20-7-13(14,15)16/h3-6,8,11H,7,17H2,1-2H3,(H,18,19)/t11-/m0/s1. The zero-order valence-corrected chi connectivity index (χ0v) is 11.2. The number of alkyl halides is 3. The van der Waals surface area contributed by atoms with Crippen LogP contribution in [0.25, 0.3) is 0 Å². The Labute approximate surface area is 115 Å². The minimum atomic E-state index is -4.44. The number of carbonyl (C=O) groups excluding carboxylic acids is 1. The summed E-state index contributed by atoms with van der Waals surface area (Å²) in [6, 6.07) is 5.16. The molecule has 0 spiro atoms. The average molecular weight is 290 g/mol. The summed E-state index contributed by atoms with van der Waals surface area (Å²) in [5, 5.41) is 2.47. The Bertz CT molecular complexity index is 461. The maximum atomic E-state index is 12.1. The van der Waals surface area contributed by atoms with E-state index in [0.717, 1.165) is 0 Å². The van der Waals surface area contributed by atoms with Crippen LogP contribution in [0.3, 0.4) is 0 Å². The molecule has 3 N–H and O–H groups in total. The summed E-state index contributed by atoms with van der Waals surface area (Å²) in [5.41, 5.74) is 5.83. The molecule has 7 heteroatoms. The maximum absolute atomic E-state index is 12.1. The number of nitrogens with two attached hydrogens (primary N) is 1. The highest BCUT2D eigenvalue weighted by Crippen LogP contribution is 2.26. The van der Waals surface area contributed by atoms with Crippen LogP contribution in [0.15, 0.2) is 24.3 Å². The summed E-state index contributed by atoms with van der Waals surface area (Å²) < 4.78 is 41.1. The van der Waals surface area contributed by atoms with Gasteiger partial charge in [-0.25, -0.2) is 0 Å². The fourth-order valence-electron chi connectivity index (χ4n) is 1.37. The number of nitrogens with one attached hydrogen (secondary N) is 1. The lowest BCUT2D eigenvalue weighted by atomic mass is 10.0. The molecule has 0 heterocycles. The molecule has 1 atom stereocenters. The van der Waals surface area contributed by atoms with Gasteiger partial charge in [0.25, 0.3) is 0 Å². The number of benzene rings is 1. The van der Waals surface area contributed by atoms with Crippen LogP contribution in [0.1, 0.15) is 13.8 Å². The summed E-state index contributed by atoms with van der Waals surface area (Å²) >= 11 is 0. The molecular formula is C13H17F3N2O2. The highest BCUT2D eigenvalue weighted by atomic mass is 19.4. The zero-order valence-electron chi connectivity index (χ0n) is 11.2. The second-order valence-corrected chi connectivity index (χ2v) is 4.66. The first-order chi connectivity index (χ1) is 9.20. The molecule has 0 unspecified atom stereocenters. The van der Waals surface area contributed by atoms with Gasteiger partial charge in [0.2, 0.25) is 5.91 Å². The highest BCUT2D eigenvalue weighted by molar-refractivity contribution is 5.96. The predicted molar refractivity (Wildman–Crippen MR) is 69.4 cm³/mol. The van der Waals surface area contributed by atoms with Crippen LogP contribution in [0.5, 0.6) is 5.75 Å². The molecule has 0 aromatic heterocycles. The van der Waals surface area contributed by atoms with Crippen LogP contribution >= 0.6 is 0 Å². The first kappa shape index (κ1) is 16.3. The van der Waals surface area contributed by atoms with Crippen molar-refractivity contribution < 1.29 is 22.7 Å². The first-order valence-electron chi connectivity index (χ1n) is 6.05. The molecule has 0 radical (unpaired) electrons. The second-order valence-electron chi connectivity index (χ2n) is 4.66. The molecule has 20 heavy (non-hydrogen) atoms. The predicted octanol–water partition coefficient (Wildman–Crippen LogP) is 2.55. The van der Waals surface area contributed by atoms with Crippen molar-refractivity contribution in [1.82, 2.24) is 0 Å². The third kappa shape index (κ3) is 5.08. The molecule has 0 aliphatic carbocycles. The van der Waals surface area contributed by atoms with Gasteiger partial charge in [-0.2, -0.15) is 13.2 Å². The Morgan fingerprint density at radius 2 is 1.95 bits per heavy atom. The van der Waals surface area contributed by atoms with E-state index >= 15 is 0 Å². The van der Waals surface area contributed by atoms with Gasteiger partial charge in [-0.05, 0) is 18.1 Å². The molecule has 1 aromatic rings.